The molecule has 1 aliphatic carbocycles. The number of aliphatic hydroxyl groups is 1. The van der Waals surface area contributed by atoms with Crippen LogP contribution in [0.3, 0.4) is 0 Å². The van der Waals surface area contributed by atoms with Crippen molar-refractivity contribution in [1.29, 1.82) is 0 Å². The lowest BCUT2D eigenvalue weighted by molar-refractivity contribution is 0.0937. The molecule has 1 aliphatic rings. The predicted molar refractivity (Wildman–Crippen MR) is 66.5 cm³/mol. The first kappa shape index (κ1) is 12.8. The Morgan fingerprint density at radius 3 is 3.00 bits per heavy atom. The van der Waals surface area contributed by atoms with Crippen molar-refractivity contribution in [3.63, 3.8) is 0 Å². The molecule has 2 rings (SSSR count). The highest BCUT2D eigenvalue weighted by molar-refractivity contribution is 5.96. The van der Waals surface area contributed by atoms with Crippen LogP contribution >= 0.6 is 0 Å². The minimum atomic E-state index is -0.177. The van der Waals surface area contributed by atoms with E-state index in [1.54, 1.807) is 18.3 Å². The van der Waals surface area contributed by atoms with Crippen LogP contribution in [0.15, 0.2) is 18.3 Å². The number of carbonyl (C=O) groups excluding carboxylic acids is 1. The van der Waals surface area contributed by atoms with Gasteiger partial charge in [0.25, 0.3) is 5.91 Å². The second-order valence-electron chi connectivity index (χ2n) is 4.72. The summed E-state index contributed by atoms with van der Waals surface area (Å²) in [6, 6.07) is 3.39. The fourth-order valence-corrected chi connectivity index (χ4v) is 2.02. The van der Waals surface area contributed by atoms with Crippen LogP contribution in [0.2, 0.25) is 0 Å². The highest BCUT2D eigenvalue weighted by Gasteiger charge is 2.42. The molecule has 0 radical (unpaired) electrons. The van der Waals surface area contributed by atoms with Crippen LogP contribution in [0.5, 0.6) is 5.88 Å². The number of pyridine rings is 1. The molecule has 0 saturated heterocycles. The fraction of sp³-hybridized carbons (Fsp3) is 0.538. The van der Waals surface area contributed by atoms with Crippen LogP contribution in [0.25, 0.3) is 0 Å². The molecule has 0 aromatic carbocycles. The third kappa shape index (κ3) is 2.79. The van der Waals surface area contributed by atoms with E-state index < -0.39 is 0 Å². The Labute approximate surface area is 106 Å². The number of hydrogen-bond acceptors (Lipinski definition) is 4. The van der Waals surface area contributed by atoms with Crippen molar-refractivity contribution in [1.82, 2.24) is 10.3 Å². The van der Waals surface area contributed by atoms with E-state index >= 15 is 0 Å². The zero-order valence-corrected chi connectivity index (χ0v) is 10.5. The molecule has 1 amide bonds. The van der Waals surface area contributed by atoms with Gasteiger partial charge in [0.05, 0.1) is 7.11 Å². The number of nitrogens with zero attached hydrogens (tertiary/aromatic N) is 1. The lowest BCUT2D eigenvalue weighted by Gasteiger charge is -2.15. The van der Waals surface area contributed by atoms with Crippen LogP contribution in [-0.2, 0) is 0 Å². The van der Waals surface area contributed by atoms with Gasteiger partial charge >= 0.3 is 0 Å². The van der Waals surface area contributed by atoms with Gasteiger partial charge in [-0.05, 0) is 36.8 Å². The van der Waals surface area contributed by atoms with E-state index in [2.05, 4.69) is 10.3 Å². The Bertz CT molecular complexity index is 430. The summed E-state index contributed by atoms with van der Waals surface area (Å²) in [4.78, 5) is 16.0. The van der Waals surface area contributed by atoms with E-state index in [0.717, 1.165) is 19.3 Å². The quantitative estimate of drug-likeness (QED) is 0.789. The molecule has 5 nitrogen and oxygen atoms in total. The molecule has 0 aliphatic heterocycles. The summed E-state index contributed by atoms with van der Waals surface area (Å²) in [5, 5.41) is 11.9. The molecular formula is C13H18N2O3. The zero-order chi connectivity index (χ0) is 13.0. The highest BCUT2D eigenvalue weighted by atomic mass is 16.5. The number of methoxy groups -OCH3 is 1. The van der Waals surface area contributed by atoms with E-state index in [4.69, 9.17) is 9.84 Å². The zero-order valence-electron chi connectivity index (χ0n) is 10.5. The number of carbonyl (C=O) groups is 1. The first-order valence-corrected chi connectivity index (χ1v) is 6.09. The standard InChI is InChI=1S/C13H18N2O3/c1-18-12-10(3-2-7-14-12)11(17)15-9-13(4-5-13)6-8-16/h2-3,7,16H,4-6,8-9H2,1H3,(H,15,17). The van der Waals surface area contributed by atoms with E-state index in [9.17, 15) is 4.79 Å². The summed E-state index contributed by atoms with van der Waals surface area (Å²) in [5.74, 6) is 0.158. The summed E-state index contributed by atoms with van der Waals surface area (Å²) in [6.07, 6.45) is 4.47. The highest BCUT2D eigenvalue weighted by Crippen LogP contribution is 2.47. The van der Waals surface area contributed by atoms with Crippen molar-refractivity contribution in [3.05, 3.63) is 23.9 Å². The maximum absolute atomic E-state index is 12.0. The SMILES string of the molecule is COc1ncccc1C(=O)NCC1(CCO)CC1. The first-order valence-electron chi connectivity index (χ1n) is 6.09. The monoisotopic (exact) mass is 250 g/mol. The Morgan fingerprint density at radius 1 is 1.61 bits per heavy atom. The molecule has 0 atom stereocenters. The van der Waals surface area contributed by atoms with Gasteiger partial charge in [0.1, 0.15) is 5.56 Å². The largest absolute Gasteiger partial charge is 0.480 e. The molecule has 0 unspecified atom stereocenters. The predicted octanol–water partition coefficient (Wildman–Crippen LogP) is 0.983. The summed E-state index contributed by atoms with van der Waals surface area (Å²) in [7, 11) is 1.49. The number of hydrogen-bond donors (Lipinski definition) is 2. The third-order valence-corrected chi connectivity index (χ3v) is 3.43. The Hall–Kier alpha value is -1.62. The topological polar surface area (TPSA) is 71.5 Å². The van der Waals surface area contributed by atoms with Gasteiger partial charge < -0.3 is 15.2 Å². The Balaban J connectivity index is 1.96. The molecule has 5 heteroatoms. The molecule has 1 fully saturated rings. The van der Waals surface area contributed by atoms with Crippen LogP contribution < -0.4 is 10.1 Å². The van der Waals surface area contributed by atoms with Crippen molar-refractivity contribution in [3.8, 4) is 5.88 Å². The van der Waals surface area contributed by atoms with Crippen molar-refractivity contribution in [2.45, 2.75) is 19.3 Å². The normalized spacial score (nSPS) is 16.1. The molecule has 2 N–H and O–H groups in total. The van der Waals surface area contributed by atoms with E-state index in [0.29, 0.717) is 18.0 Å². The molecule has 18 heavy (non-hydrogen) atoms. The van der Waals surface area contributed by atoms with Crippen molar-refractivity contribution >= 4 is 5.91 Å². The number of rotatable bonds is 6. The van der Waals surface area contributed by atoms with Crippen LogP contribution in [0, 0.1) is 5.41 Å². The van der Waals surface area contributed by atoms with Crippen molar-refractivity contribution in [2.24, 2.45) is 5.41 Å². The summed E-state index contributed by atoms with van der Waals surface area (Å²) >= 11 is 0. The van der Waals surface area contributed by atoms with Crippen LogP contribution in [0.1, 0.15) is 29.6 Å². The summed E-state index contributed by atoms with van der Waals surface area (Å²) in [5.41, 5.74) is 0.555. The summed E-state index contributed by atoms with van der Waals surface area (Å²) in [6.45, 7) is 0.774. The molecule has 1 saturated carbocycles. The molecule has 1 heterocycles. The van der Waals surface area contributed by atoms with Gasteiger partial charge in [-0.25, -0.2) is 4.98 Å². The maximum atomic E-state index is 12.0. The lowest BCUT2D eigenvalue weighted by atomic mass is 10.0. The molecule has 0 spiro atoms. The van der Waals surface area contributed by atoms with Crippen LogP contribution in [-0.4, -0.2) is 36.3 Å². The molecule has 98 valence electrons. The van der Waals surface area contributed by atoms with Crippen molar-refractivity contribution in [2.75, 3.05) is 20.3 Å². The molecule has 1 aromatic rings. The second kappa shape index (κ2) is 5.35. The van der Waals surface area contributed by atoms with Crippen molar-refractivity contribution < 1.29 is 14.6 Å². The van der Waals surface area contributed by atoms with E-state index in [1.807, 2.05) is 0 Å². The number of aromatic nitrogens is 1. The average Bonchev–Trinajstić information content (AvgIpc) is 3.16. The molecule has 1 aromatic heterocycles. The van der Waals surface area contributed by atoms with Gasteiger partial charge in [-0.1, -0.05) is 0 Å². The second-order valence-corrected chi connectivity index (χ2v) is 4.72. The number of amides is 1. The lowest BCUT2D eigenvalue weighted by Crippen LogP contribution is -2.31. The number of ether oxygens (including phenoxy) is 1. The fourth-order valence-electron chi connectivity index (χ4n) is 2.02. The number of nitrogens with one attached hydrogen (secondary N) is 1. The van der Waals surface area contributed by atoms with Gasteiger partial charge in [-0.15, -0.1) is 0 Å². The van der Waals surface area contributed by atoms with E-state index in [1.165, 1.54) is 7.11 Å². The maximum Gasteiger partial charge on any atom is 0.256 e. The average molecular weight is 250 g/mol. The Kier molecular flexibility index (Phi) is 3.81. The van der Waals surface area contributed by atoms with E-state index in [-0.39, 0.29) is 17.9 Å². The minimum Gasteiger partial charge on any atom is -0.480 e. The van der Waals surface area contributed by atoms with Gasteiger partial charge in [0.2, 0.25) is 5.88 Å². The minimum absolute atomic E-state index is 0.111. The molecular weight excluding hydrogens is 232 g/mol. The smallest absolute Gasteiger partial charge is 0.256 e. The Morgan fingerprint density at radius 2 is 2.39 bits per heavy atom. The van der Waals surface area contributed by atoms with Gasteiger partial charge in [0.15, 0.2) is 0 Å². The third-order valence-electron chi connectivity index (χ3n) is 3.43. The van der Waals surface area contributed by atoms with Crippen LogP contribution in [0.4, 0.5) is 0 Å². The van der Waals surface area contributed by atoms with Gasteiger partial charge in [-0.3, -0.25) is 4.79 Å². The van der Waals surface area contributed by atoms with Gasteiger partial charge in [-0.2, -0.15) is 0 Å². The summed E-state index contributed by atoms with van der Waals surface area (Å²) < 4.78 is 5.05. The first-order chi connectivity index (χ1) is 8.71. The number of aliphatic hydroxyl groups excluding tert-OH is 1. The van der Waals surface area contributed by atoms with Gasteiger partial charge in [0, 0.05) is 19.3 Å². The molecule has 0 bridgehead atoms.